The van der Waals surface area contributed by atoms with Crippen LogP contribution < -0.4 is 0 Å². The molecule has 12 heteroatoms. The van der Waals surface area contributed by atoms with Gasteiger partial charge in [-0.05, 0) is 17.7 Å². The van der Waals surface area contributed by atoms with Gasteiger partial charge < -0.3 is 19.7 Å². The second-order valence-electron chi connectivity index (χ2n) is 6.51. The first-order valence-electron chi connectivity index (χ1n) is 8.65. The first-order valence-corrected chi connectivity index (χ1v) is 9.09. The molecule has 2 N–H and O–H groups in total. The lowest BCUT2D eigenvalue weighted by Crippen LogP contribution is -2.33. The molecule has 29 heavy (non-hydrogen) atoms. The van der Waals surface area contributed by atoms with E-state index in [1.54, 1.807) is 12.1 Å². The molecule has 3 aromatic rings. The fourth-order valence-electron chi connectivity index (χ4n) is 3.13. The van der Waals surface area contributed by atoms with Gasteiger partial charge in [0.1, 0.15) is 35.2 Å². The maximum absolute atomic E-state index is 10.7. The molecule has 1 aromatic carbocycles. The van der Waals surface area contributed by atoms with Crippen LogP contribution in [0.2, 0.25) is 0 Å². The van der Waals surface area contributed by atoms with Crippen LogP contribution >= 0.6 is 12.6 Å². The number of ether oxygens (including phenoxy) is 2. The van der Waals surface area contributed by atoms with E-state index >= 15 is 0 Å². The molecular weight excluding hydrogens is 402 g/mol. The van der Waals surface area contributed by atoms with Crippen molar-refractivity contribution in [2.45, 2.75) is 36.2 Å². The van der Waals surface area contributed by atoms with Crippen molar-refractivity contribution in [1.29, 1.82) is 0 Å². The summed E-state index contributed by atoms with van der Waals surface area (Å²) in [5.41, 5.74) is 1.61. The molecule has 0 bridgehead atoms. The Bertz CT molecular complexity index is 1030. The van der Waals surface area contributed by atoms with Gasteiger partial charge in [0.2, 0.25) is 0 Å². The number of thiol groups is 1. The van der Waals surface area contributed by atoms with Crippen LogP contribution in [0.5, 0.6) is 0 Å². The Labute approximate surface area is 169 Å². The maximum atomic E-state index is 10.7. The molecular formula is C17H17N5O6S. The first-order chi connectivity index (χ1) is 14.0. The molecule has 1 fully saturated rings. The third kappa shape index (κ3) is 3.80. The average molecular weight is 419 g/mol. The van der Waals surface area contributed by atoms with Crippen molar-refractivity contribution < 1.29 is 24.6 Å². The zero-order valence-corrected chi connectivity index (χ0v) is 15.8. The maximum Gasteiger partial charge on any atom is 0.269 e. The van der Waals surface area contributed by atoms with Gasteiger partial charge in [-0.15, -0.1) is 12.6 Å². The van der Waals surface area contributed by atoms with E-state index in [4.69, 9.17) is 9.47 Å². The van der Waals surface area contributed by atoms with Gasteiger partial charge in [0.05, 0.1) is 24.5 Å². The van der Waals surface area contributed by atoms with E-state index in [0.717, 1.165) is 5.56 Å². The van der Waals surface area contributed by atoms with Gasteiger partial charge in [-0.3, -0.25) is 14.7 Å². The molecule has 152 valence electrons. The molecule has 0 spiro atoms. The van der Waals surface area contributed by atoms with Gasteiger partial charge in [0.25, 0.3) is 5.69 Å². The Morgan fingerprint density at radius 3 is 2.69 bits per heavy atom. The van der Waals surface area contributed by atoms with Crippen LogP contribution in [0, 0.1) is 10.1 Å². The van der Waals surface area contributed by atoms with Crippen molar-refractivity contribution in [1.82, 2.24) is 19.5 Å². The van der Waals surface area contributed by atoms with Gasteiger partial charge >= 0.3 is 0 Å². The standard InChI is InChI=1S/C17H17N5O6S/c23-13-11(6-27-5-9-1-3-10(4-2-9)22(25)26)28-17(14(13)24)21-8-20-12-15(21)18-7-19-16(12)29/h1-4,7-8,11,13-14,17,23-24H,5-6H2,(H,18,19,29)/t11-,13?,14?,17-/m1/s1. The number of imidazole rings is 1. The van der Waals surface area contributed by atoms with Crippen molar-refractivity contribution in [2.75, 3.05) is 6.61 Å². The number of benzene rings is 1. The van der Waals surface area contributed by atoms with Crippen LogP contribution in [-0.2, 0) is 16.1 Å². The molecule has 4 atom stereocenters. The van der Waals surface area contributed by atoms with Crippen LogP contribution in [0.15, 0.2) is 41.9 Å². The minimum absolute atomic E-state index is 0.00463. The summed E-state index contributed by atoms with van der Waals surface area (Å²) < 4.78 is 12.9. The number of non-ortho nitro benzene ring substituents is 1. The van der Waals surface area contributed by atoms with Crippen LogP contribution in [0.25, 0.3) is 11.2 Å². The summed E-state index contributed by atoms with van der Waals surface area (Å²) in [6.45, 7) is 0.195. The van der Waals surface area contributed by atoms with Crippen molar-refractivity contribution in [2.24, 2.45) is 0 Å². The lowest BCUT2D eigenvalue weighted by atomic mass is 10.1. The Kier molecular flexibility index (Phi) is 5.43. The van der Waals surface area contributed by atoms with Crippen LogP contribution in [-0.4, -0.2) is 59.6 Å². The second kappa shape index (κ2) is 8.00. The number of fused-ring (bicyclic) bond motifs is 1. The molecule has 0 amide bonds. The predicted molar refractivity (Wildman–Crippen MR) is 101 cm³/mol. The molecule has 0 aliphatic carbocycles. The number of nitro groups is 1. The molecule has 3 heterocycles. The largest absolute Gasteiger partial charge is 0.387 e. The highest BCUT2D eigenvalue weighted by atomic mass is 32.1. The molecule has 2 aromatic heterocycles. The Morgan fingerprint density at radius 2 is 1.97 bits per heavy atom. The van der Waals surface area contributed by atoms with Gasteiger partial charge in [-0.25, -0.2) is 15.0 Å². The third-order valence-electron chi connectivity index (χ3n) is 4.65. The molecule has 0 radical (unpaired) electrons. The average Bonchev–Trinajstić information content (AvgIpc) is 3.26. The van der Waals surface area contributed by atoms with E-state index < -0.39 is 29.5 Å². The molecule has 1 saturated heterocycles. The number of rotatable bonds is 6. The number of nitro benzene ring substituents is 1. The first kappa shape index (κ1) is 19.7. The SMILES string of the molecule is O=[N+]([O-])c1ccc(COC[C@H]2O[C@@H](n3cnc4c(S)ncnc43)C(O)C2O)cc1. The number of aliphatic hydroxyl groups excluding tert-OH is 2. The minimum Gasteiger partial charge on any atom is -0.387 e. The Hall–Kier alpha value is -2.64. The number of aromatic nitrogens is 4. The van der Waals surface area contributed by atoms with E-state index in [9.17, 15) is 20.3 Å². The molecule has 0 saturated carbocycles. The molecule has 1 aliphatic heterocycles. The summed E-state index contributed by atoms with van der Waals surface area (Å²) in [5.74, 6) is 0. The monoisotopic (exact) mass is 419 g/mol. The smallest absolute Gasteiger partial charge is 0.269 e. The van der Waals surface area contributed by atoms with E-state index in [1.807, 2.05) is 0 Å². The van der Waals surface area contributed by atoms with Gasteiger partial charge in [-0.1, -0.05) is 0 Å². The summed E-state index contributed by atoms with van der Waals surface area (Å²) in [4.78, 5) is 22.5. The highest BCUT2D eigenvalue weighted by molar-refractivity contribution is 7.80. The summed E-state index contributed by atoms with van der Waals surface area (Å²) >= 11 is 4.23. The normalized spacial score (nSPS) is 24.2. The van der Waals surface area contributed by atoms with E-state index in [1.165, 1.54) is 29.4 Å². The molecule has 1 aliphatic rings. The van der Waals surface area contributed by atoms with Gasteiger partial charge in [0.15, 0.2) is 11.9 Å². The topological polar surface area (TPSA) is 146 Å². The third-order valence-corrected chi connectivity index (χ3v) is 4.98. The summed E-state index contributed by atoms with van der Waals surface area (Å²) in [6.07, 6.45) is -1.29. The number of hydrogen-bond donors (Lipinski definition) is 3. The number of hydrogen-bond acceptors (Lipinski definition) is 10. The van der Waals surface area contributed by atoms with E-state index in [0.29, 0.717) is 16.2 Å². The Balaban J connectivity index is 1.41. The van der Waals surface area contributed by atoms with Gasteiger partial charge in [-0.2, -0.15) is 0 Å². The molecule has 4 rings (SSSR count). The van der Waals surface area contributed by atoms with Crippen LogP contribution in [0.3, 0.4) is 0 Å². The summed E-state index contributed by atoms with van der Waals surface area (Å²) in [6, 6.07) is 5.96. The summed E-state index contributed by atoms with van der Waals surface area (Å²) in [5, 5.41) is 31.8. The highest BCUT2D eigenvalue weighted by Gasteiger charge is 2.44. The fourth-order valence-corrected chi connectivity index (χ4v) is 3.34. The van der Waals surface area contributed by atoms with Crippen molar-refractivity contribution in [3.05, 3.63) is 52.6 Å². The van der Waals surface area contributed by atoms with E-state index in [-0.39, 0.29) is 18.9 Å². The number of nitrogens with zero attached hydrogens (tertiary/aromatic N) is 5. The quantitative estimate of drug-likeness (QED) is 0.229. The van der Waals surface area contributed by atoms with E-state index in [2.05, 4.69) is 27.6 Å². The zero-order chi connectivity index (χ0) is 20.5. The van der Waals surface area contributed by atoms with Crippen LogP contribution in [0.1, 0.15) is 11.8 Å². The lowest BCUT2D eigenvalue weighted by molar-refractivity contribution is -0.384. The number of aliphatic hydroxyl groups is 2. The lowest BCUT2D eigenvalue weighted by Gasteiger charge is -2.16. The second-order valence-corrected chi connectivity index (χ2v) is 6.93. The Morgan fingerprint density at radius 1 is 1.21 bits per heavy atom. The minimum atomic E-state index is -1.21. The zero-order valence-electron chi connectivity index (χ0n) is 14.9. The van der Waals surface area contributed by atoms with Crippen molar-refractivity contribution in [3.63, 3.8) is 0 Å². The molecule has 11 nitrogen and oxygen atoms in total. The van der Waals surface area contributed by atoms with Crippen molar-refractivity contribution in [3.8, 4) is 0 Å². The molecule has 2 unspecified atom stereocenters. The fraction of sp³-hybridized carbons (Fsp3) is 0.353. The highest BCUT2D eigenvalue weighted by Crippen LogP contribution is 2.32. The summed E-state index contributed by atoms with van der Waals surface area (Å²) in [7, 11) is 0. The van der Waals surface area contributed by atoms with Gasteiger partial charge in [0, 0.05) is 12.1 Å². The van der Waals surface area contributed by atoms with Crippen LogP contribution in [0.4, 0.5) is 5.69 Å². The predicted octanol–water partition coefficient (Wildman–Crippen LogP) is 0.859. The van der Waals surface area contributed by atoms with Crippen molar-refractivity contribution >= 4 is 29.5 Å².